The van der Waals surface area contributed by atoms with Crippen LogP contribution in [0.4, 0.5) is 5.69 Å². The van der Waals surface area contributed by atoms with Crippen molar-refractivity contribution in [1.29, 1.82) is 0 Å². The van der Waals surface area contributed by atoms with E-state index >= 15 is 0 Å². The zero-order valence-corrected chi connectivity index (χ0v) is 25.7. The maximum atomic E-state index is 13.6. The van der Waals surface area contributed by atoms with E-state index in [0.29, 0.717) is 46.0 Å². The summed E-state index contributed by atoms with van der Waals surface area (Å²) in [6.07, 6.45) is 6.56. The van der Waals surface area contributed by atoms with E-state index in [9.17, 15) is 18.0 Å². The van der Waals surface area contributed by atoms with Crippen molar-refractivity contribution in [2.45, 2.75) is 70.5 Å². The summed E-state index contributed by atoms with van der Waals surface area (Å²) in [5.41, 5.74) is 1.09. The molecule has 9 nitrogen and oxygen atoms in total. The Bertz CT molecular complexity index is 1350. The maximum absolute atomic E-state index is 13.6. The number of nitrogens with one attached hydrogen (secondary N) is 1. The molecule has 1 fully saturated rings. The van der Waals surface area contributed by atoms with Crippen molar-refractivity contribution in [1.82, 2.24) is 10.2 Å². The number of amides is 2. The van der Waals surface area contributed by atoms with Crippen molar-refractivity contribution in [2.24, 2.45) is 0 Å². The average molecular weight is 627 g/mol. The fourth-order valence-electron chi connectivity index (χ4n) is 5.18. The molecule has 1 saturated carbocycles. The molecule has 2 amide bonds. The molecule has 2 aromatic carbocycles. The molecule has 12 heteroatoms. The second-order valence-electron chi connectivity index (χ2n) is 10.5. The van der Waals surface area contributed by atoms with Crippen molar-refractivity contribution in [3.63, 3.8) is 0 Å². The molecule has 2 aromatic rings. The highest BCUT2D eigenvalue weighted by Gasteiger charge is 2.29. The molecule has 2 aliphatic rings. The number of halogens is 2. The van der Waals surface area contributed by atoms with Gasteiger partial charge in [-0.3, -0.25) is 13.9 Å². The van der Waals surface area contributed by atoms with Gasteiger partial charge in [-0.15, -0.1) is 0 Å². The minimum Gasteiger partial charge on any atom is -0.486 e. The van der Waals surface area contributed by atoms with Crippen molar-refractivity contribution < 1.29 is 27.5 Å². The van der Waals surface area contributed by atoms with Crippen LogP contribution in [0.5, 0.6) is 11.5 Å². The van der Waals surface area contributed by atoms with Gasteiger partial charge in [0, 0.05) is 41.7 Å². The Morgan fingerprint density at radius 3 is 2.41 bits per heavy atom. The summed E-state index contributed by atoms with van der Waals surface area (Å²) in [5, 5.41) is 3.98. The number of hydrogen-bond acceptors (Lipinski definition) is 6. The normalized spacial score (nSPS) is 16.1. The third-order valence-corrected chi connectivity index (χ3v) is 9.22. The third-order valence-electron chi connectivity index (χ3n) is 7.44. The van der Waals surface area contributed by atoms with Crippen LogP contribution in [0.3, 0.4) is 0 Å². The highest BCUT2D eigenvalue weighted by atomic mass is 35.5. The quantitative estimate of drug-likeness (QED) is 0.369. The van der Waals surface area contributed by atoms with Crippen LogP contribution in [0.1, 0.15) is 57.4 Å². The Balaban J connectivity index is 1.47. The van der Waals surface area contributed by atoms with Gasteiger partial charge in [-0.05, 0) is 56.0 Å². The van der Waals surface area contributed by atoms with Crippen LogP contribution < -0.4 is 19.1 Å². The lowest BCUT2D eigenvalue weighted by atomic mass is 9.95. The number of benzene rings is 2. The molecule has 1 atom stereocenters. The van der Waals surface area contributed by atoms with E-state index in [4.69, 9.17) is 32.7 Å². The van der Waals surface area contributed by atoms with E-state index < -0.39 is 16.1 Å². The lowest BCUT2D eigenvalue weighted by Gasteiger charge is -2.32. The highest BCUT2D eigenvalue weighted by Crippen LogP contribution is 2.35. The molecule has 0 saturated heterocycles. The number of ether oxygens (including phenoxy) is 2. The number of nitrogens with zero attached hydrogens (tertiary/aromatic N) is 2. The number of carbonyl (C=O) groups is 2. The van der Waals surface area contributed by atoms with Crippen LogP contribution in [-0.4, -0.2) is 63.2 Å². The molecule has 0 bridgehead atoms. The topological polar surface area (TPSA) is 105 Å². The SMILES string of the molecule is C[C@@H](C(=O)NC1CCCCC1)N(Cc1ccc(Cl)cc1Cl)C(=O)CCCN(c1ccc2c(c1)OCCO2)S(C)(=O)=O. The average Bonchev–Trinajstić information content (AvgIpc) is 2.94. The van der Waals surface area contributed by atoms with Gasteiger partial charge in [-0.1, -0.05) is 48.5 Å². The zero-order valence-electron chi connectivity index (χ0n) is 23.4. The van der Waals surface area contributed by atoms with Crippen LogP contribution >= 0.6 is 23.2 Å². The van der Waals surface area contributed by atoms with Gasteiger partial charge in [0.1, 0.15) is 19.3 Å². The first-order chi connectivity index (χ1) is 19.5. The molecule has 1 N–H and O–H groups in total. The minimum absolute atomic E-state index is 0.0306. The molecule has 0 spiro atoms. The van der Waals surface area contributed by atoms with Crippen LogP contribution in [0, 0.1) is 0 Å². The van der Waals surface area contributed by atoms with Gasteiger partial charge in [0.25, 0.3) is 0 Å². The van der Waals surface area contributed by atoms with E-state index in [0.717, 1.165) is 31.9 Å². The van der Waals surface area contributed by atoms with E-state index in [1.807, 2.05) is 0 Å². The van der Waals surface area contributed by atoms with Crippen molar-refractivity contribution in [3.8, 4) is 11.5 Å². The second kappa shape index (κ2) is 14.0. The summed E-state index contributed by atoms with van der Waals surface area (Å²) >= 11 is 12.5. The first-order valence-electron chi connectivity index (χ1n) is 13.9. The van der Waals surface area contributed by atoms with E-state index in [-0.39, 0.29) is 43.8 Å². The molecule has 1 heterocycles. The number of sulfonamides is 1. The summed E-state index contributed by atoms with van der Waals surface area (Å²) < 4.78 is 37.8. The number of anilines is 1. The molecule has 41 heavy (non-hydrogen) atoms. The fraction of sp³-hybridized carbons (Fsp3) is 0.517. The van der Waals surface area contributed by atoms with Gasteiger partial charge in [0.15, 0.2) is 11.5 Å². The van der Waals surface area contributed by atoms with Gasteiger partial charge in [0.2, 0.25) is 21.8 Å². The van der Waals surface area contributed by atoms with Gasteiger partial charge in [0.05, 0.1) is 11.9 Å². The first kappa shape index (κ1) is 31.3. The molecular weight excluding hydrogens is 589 g/mol. The summed E-state index contributed by atoms with van der Waals surface area (Å²) in [4.78, 5) is 28.3. The van der Waals surface area contributed by atoms with E-state index in [2.05, 4.69) is 5.32 Å². The Hall–Kier alpha value is -2.69. The van der Waals surface area contributed by atoms with Crippen molar-refractivity contribution in [2.75, 3.05) is 30.3 Å². The van der Waals surface area contributed by atoms with Crippen molar-refractivity contribution >= 4 is 50.7 Å². The molecule has 0 aromatic heterocycles. The van der Waals surface area contributed by atoms with Gasteiger partial charge in [-0.25, -0.2) is 8.42 Å². The van der Waals surface area contributed by atoms with Crippen LogP contribution in [-0.2, 0) is 26.2 Å². The Kier molecular flexibility index (Phi) is 10.7. The lowest BCUT2D eigenvalue weighted by Crippen LogP contribution is -2.50. The van der Waals surface area contributed by atoms with Crippen LogP contribution in [0.2, 0.25) is 10.0 Å². The Labute approximate surface area is 252 Å². The molecule has 0 radical (unpaired) electrons. The van der Waals surface area contributed by atoms with E-state index in [1.54, 1.807) is 43.3 Å². The summed E-state index contributed by atoms with van der Waals surface area (Å²) in [6.45, 7) is 2.70. The second-order valence-corrected chi connectivity index (χ2v) is 13.3. The molecule has 0 unspecified atom stereocenters. The predicted octanol–water partition coefficient (Wildman–Crippen LogP) is 5.18. The van der Waals surface area contributed by atoms with Gasteiger partial charge in [-0.2, -0.15) is 0 Å². The number of rotatable bonds is 11. The molecule has 224 valence electrons. The molecule has 1 aliphatic heterocycles. The smallest absolute Gasteiger partial charge is 0.242 e. The van der Waals surface area contributed by atoms with Crippen LogP contribution in [0.15, 0.2) is 36.4 Å². The lowest BCUT2D eigenvalue weighted by molar-refractivity contribution is -0.141. The summed E-state index contributed by atoms with van der Waals surface area (Å²) in [7, 11) is -3.65. The highest BCUT2D eigenvalue weighted by molar-refractivity contribution is 7.92. The monoisotopic (exact) mass is 625 g/mol. The third kappa shape index (κ3) is 8.42. The molecular formula is C29H37Cl2N3O6S. The number of hydrogen-bond donors (Lipinski definition) is 1. The Morgan fingerprint density at radius 2 is 1.73 bits per heavy atom. The van der Waals surface area contributed by atoms with Gasteiger partial charge >= 0.3 is 0 Å². The van der Waals surface area contributed by atoms with Crippen LogP contribution in [0.25, 0.3) is 0 Å². The summed E-state index contributed by atoms with van der Waals surface area (Å²) in [6, 6.07) is 9.35. The fourth-order valence-corrected chi connectivity index (χ4v) is 6.60. The van der Waals surface area contributed by atoms with E-state index in [1.165, 1.54) is 15.6 Å². The van der Waals surface area contributed by atoms with Crippen molar-refractivity contribution in [3.05, 3.63) is 52.0 Å². The largest absolute Gasteiger partial charge is 0.486 e. The molecule has 4 rings (SSSR count). The molecule has 1 aliphatic carbocycles. The minimum atomic E-state index is -3.65. The number of fused-ring (bicyclic) bond motifs is 1. The predicted molar refractivity (Wildman–Crippen MR) is 160 cm³/mol. The first-order valence-corrected chi connectivity index (χ1v) is 16.5. The Morgan fingerprint density at radius 1 is 1.02 bits per heavy atom. The summed E-state index contributed by atoms with van der Waals surface area (Å²) in [5.74, 6) is 0.533. The zero-order chi connectivity index (χ0) is 29.6. The maximum Gasteiger partial charge on any atom is 0.242 e. The van der Waals surface area contributed by atoms with Gasteiger partial charge < -0.3 is 19.7 Å². The number of carbonyl (C=O) groups excluding carboxylic acids is 2. The standard InChI is InChI=1S/C29H37Cl2N3O6S/c1-20(29(36)32-23-7-4-3-5-8-23)33(19-21-10-11-22(30)17-25(21)31)28(35)9-6-14-34(41(2,37)38)24-12-13-26-27(18-24)40-16-15-39-26/h10-13,17-18,20,23H,3-9,14-16,19H2,1-2H3,(H,32,36)/t20-/m0/s1.